The van der Waals surface area contributed by atoms with Crippen LogP contribution in [0.5, 0.6) is 0 Å². The summed E-state index contributed by atoms with van der Waals surface area (Å²) in [6.07, 6.45) is 0. The van der Waals surface area contributed by atoms with Crippen molar-refractivity contribution < 1.29 is 25.8 Å². The van der Waals surface area contributed by atoms with Crippen LogP contribution in [0, 0.1) is 0 Å². The van der Waals surface area contributed by atoms with E-state index in [1.54, 1.807) is 0 Å². The fourth-order valence-corrected chi connectivity index (χ4v) is 0. The van der Waals surface area contributed by atoms with E-state index >= 15 is 0 Å². The van der Waals surface area contributed by atoms with Gasteiger partial charge in [0.1, 0.15) is 0 Å². The van der Waals surface area contributed by atoms with Gasteiger partial charge in [-0.05, 0) is 0 Å². The Hall–Kier alpha value is 1.73. The Labute approximate surface area is 62.7 Å². The topological polar surface area (TPSA) is 31.5 Å². The summed E-state index contributed by atoms with van der Waals surface area (Å²) in [5, 5.41) is 0. The Morgan fingerprint density at radius 3 is 1.25 bits per heavy atom. The summed E-state index contributed by atoms with van der Waals surface area (Å²) in [5.41, 5.74) is 0. The molecule has 4 heavy (non-hydrogen) atoms. The van der Waals surface area contributed by atoms with Crippen molar-refractivity contribution in [1.82, 2.24) is 0 Å². The molecule has 0 aliphatic carbocycles. The number of rotatable bonds is 0. The number of hydrogen-bond acceptors (Lipinski definition) is 0. The van der Waals surface area contributed by atoms with Gasteiger partial charge in [-0.2, -0.15) is 0 Å². The molecule has 2 N–H and O–H groups in total. The zero-order chi connectivity index (χ0) is 0. The van der Waals surface area contributed by atoms with Crippen molar-refractivity contribution in [3.8, 4) is 0 Å². The Kier molecular flexibility index (Phi) is 236. The standard InChI is InChI=1S/Al.Ga.Li.H2O.7H/h;;;1H2;;;;;;;/q;;+1;;;;;;;;-1. The smallest absolute Gasteiger partial charge is 1.00 e. The average Bonchev–Trinajstić information content (AvgIpc) is 0. The van der Waals surface area contributed by atoms with Crippen LogP contribution in [0.3, 0.4) is 0 Å². The Morgan fingerprint density at radius 2 is 1.25 bits per heavy atom. The van der Waals surface area contributed by atoms with Crippen molar-refractivity contribution in [1.29, 1.82) is 0 Å². The average molecular weight is 129 g/mol. The molecule has 0 bridgehead atoms. The largest absolute Gasteiger partial charge is 1.00 e. The zero-order valence-electron chi connectivity index (χ0n) is 2.50. The quantitative estimate of drug-likeness (QED) is 0.291. The summed E-state index contributed by atoms with van der Waals surface area (Å²) >= 11 is 0. The molecule has 4 heteroatoms. The Bertz CT molecular complexity index is 11.6. The maximum absolute atomic E-state index is 0. The van der Waals surface area contributed by atoms with E-state index in [-0.39, 0.29) is 62.9 Å². The van der Waals surface area contributed by atoms with Crippen molar-refractivity contribution in [3.05, 3.63) is 0 Å². The van der Waals surface area contributed by atoms with E-state index < -0.39 is 0 Å². The second-order valence-corrected chi connectivity index (χ2v) is 0. The van der Waals surface area contributed by atoms with Crippen molar-refractivity contribution in [2.45, 2.75) is 0 Å². The van der Waals surface area contributed by atoms with Gasteiger partial charge in [-0.1, -0.05) is 0 Å². The van der Waals surface area contributed by atoms with Gasteiger partial charge in [0, 0.05) is 0 Å². The molecule has 0 heterocycles. The van der Waals surface area contributed by atoms with Gasteiger partial charge in [0.05, 0.1) is 0 Å². The summed E-state index contributed by atoms with van der Waals surface area (Å²) in [7, 11) is 0. The second kappa shape index (κ2) is 22.0. The fourth-order valence-electron chi connectivity index (χ4n) is 0. The predicted octanol–water partition coefficient (Wildman–Crippen LogP) is -6.08. The number of hydrogen-bond donors (Lipinski definition) is 0. The van der Waals surface area contributed by atoms with Gasteiger partial charge < -0.3 is 6.90 Å². The van der Waals surface area contributed by atoms with Crippen LogP contribution in [-0.2, 0) is 0 Å². The molecular formula is H9AlGaLiO. The van der Waals surface area contributed by atoms with Crippen LogP contribution in [0.15, 0.2) is 0 Å². The second-order valence-electron chi connectivity index (χ2n) is 0. The normalized spacial score (nSPS) is 0. The third-order valence-electron chi connectivity index (χ3n) is 0. The van der Waals surface area contributed by atoms with Crippen LogP contribution in [-0.4, -0.2) is 42.6 Å². The molecule has 22 valence electrons. The molecule has 0 spiro atoms. The first-order chi connectivity index (χ1) is 0. The minimum absolute atomic E-state index is 0. The van der Waals surface area contributed by atoms with Crippen LogP contribution in [0.1, 0.15) is 1.43 Å². The van der Waals surface area contributed by atoms with Gasteiger partial charge in [0.15, 0.2) is 17.4 Å². The van der Waals surface area contributed by atoms with Gasteiger partial charge in [-0.25, -0.2) is 0 Å². The minimum Gasteiger partial charge on any atom is -1.00 e. The van der Waals surface area contributed by atoms with E-state index in [9.17, 15) is 0 Å². The van der Waals surface area contributed by atoms with Crippen LogP contribution in [0.4, 0.5) is 0 Å². The summed E-state index contributed by atoms with van der Waals surface area (Å²) < 4.78 is 0. The van der Waals surface area contributed by atoms with E-state index in [2.05, 4.69) is 0 Å². The first-order valence-corrected chi connectivity index (χ1v) is 0. The zero-order valence-corrected chi connectivity index (χ0v) is 1.50. The summed E-state index contributed by atoms with van der Waals surface area (Å²) in [5.74, 6) is 0. The molecule has 0 rings (SSSR count). The molecule has 0 aromatic heterocycles. The van der Waals surface area contributed by atoms with Crippen molar-refractivity contribution in [2.75, 3.05) is 0 Å². The van der Waals surface area contributed by atoms with Gasteiger partial charge in [-0.15, -0.1) is 0 Å². The minimum atomic E-state index is 0. The van der Waals surface area contributed by atoms with E-state index in [0.717, 1.165) is 0 Å². The maximum atomic E-state index is 0. The van der Waals surface area contributed by atoms with Crippen molar-refractivity contribution in [2.24, 2.45) is 0 Å². The van der Waals surface area contributed by atoms with Crippen LogP contribution in [0.25, 0.3) is 0 Å². The van der Waals surface area contributed by atoms with Gasteiger partial charge in [-0.3, -0.25) is 0 Å². The Morgan fingerprint density at radius 1 is 1.25 bits per heavy atom. The molecule has 0 aromatic carbocycles. The van der Waals surface area contributed by atoms with E-state index in [0.29, 0.717) is 0 Å². The summed E-state index contributed by atoms with van der Waals surface area (Å²) in [4.78, 5) is 0. The maximum Gasteiger partial charge on any atom is 1.00 e. The van der Waals surface area contributed by atoms with Gasteiger partial charge >= 0.3 is 38.7 Å². The van der Waals surface area contributed by atoms with Gasteiger partial charge in [0.2, 0.25) is 0 Å². The predicted molar refractivity (Wildman–Crippen MR) is 24.6 cm³/mol. The molecule has 1 nitrogen and oxygen atoms in total. The first-order valence-electron chi connectivity index (χ1n) is 0. The summed E-state index contributed by atoms with van der Waals surface area (Å²) in [6, 6.07) is 0. The molecule has 0 radical (unpaired) electrons. The third-order valence-corrected chi connectivity index (χ3v) is 0. The molecule has 0 amide bonds. The third kappa shape index (κ3) is 9.29. The molecule has 0 saturated heterocycles. The molecule has 0 atom stereocenters. The SMILES string of the molecule is O.[AlH3].[GaH3].[H-].[Li+]. The van der Waals surface area contributed by atoms with Crippen LogP contribution >= 0.6 is 0 Å². The van der Waals surface area contributed by atoms with Crippen molar-refractivity contribution >= 4 is 37.2 Å². The van der Waals surface area contributed by atoms with E-state index in [4.69, 9.17) is 0 Å². The molecule has 0 aliphatic rings. The van der Waals surface area contributed by atoms with Crippen LogP contribution in [0.2, 0.25) is 0 Å². The van der Waals surface area contributed by atoms with Crippen molar-refractivity contribution in [3.63, 3.8) is 0 Å². The van der Waals surface area contributed by atoms with Gasteiger partial charge in [0.25, 0.3) is 0 Å². The van der Waals surface area contributed by atoms with Crippen LogP contribution < -0.4 is 18.9 Å². The summed E-state index contributed by atoms with van der Waals surface area (Å²) in [6.45, 7) is 0. The first kappa shape index (κ1) is 42.9. The fraction of sp³-hybridized carbons (Fsp3) is 0. The molecular weight excluding hydrogens is 120 g/mol. The Balaban J connectivity index is 0. The molecule has 0 fully saturated rings. The monoisotopic (exact) mass is 128 g/mol. The molecule has 0 aromatic rings. The van der Waals surface area contributed by atoms with E-state index in [1.165, 1.54) is 0 Å². The molecule has 0 unspecified atom stereocenters. The van der Waals surface area contributed by atoms with E-state index in [1.807, 2.05) is 0 Å². The molecule has 0 aliphatic heterocycles. The molecule has 0 saturated carbocycles.